The number of carbonyl (C=O) groups excluding carboxylic acids is 2. The molecule has 8 heteroatoms. The van der Waals surface area contributed by atoms with Gasteiger partial charge in [-0.15, -0.1) is 0 Å². The summed E-state index contributed by atoms with van der Waals surface area (Å²) >= 11 is 0. The number of urea groups is 1. The molecule has 0 aliphatic carbocycles. The summed E-state index contributed by atoms with van der Waals surface area (Å²) in [6.07, 6.45) is 1.81. The standard InChI is InChI=1S/C21H33N3O5/c1-21(2,3)29-20(26)24-12-9-16(10-13-24)23-19(25)22-11-8-15-6-7-17(27-4)18(14-15)28-5/h6-7,14,16H,8-13H2,1-5H3,(H2,22,23,25). The number of amides is 3. The SMILES string of the molecule is COc1ccc(CCNC(=O)NC2CCN(C(=O)OC(C)(C)C)CC2)cc1OC. The first-order valence-electron chi connectivity index (χ1n) is 9.95. The zero-order valence-corrected chi connectivity index (χ0v) is 18.0. The van der Waals surface area contributed by atoms with Crippen LogP contribution in [0.3, 0.4) is 0 Å². The summed E-state index contributed by atoms with van der Waals surface area (Å²) in [6.45, 7) is 7.22. The topological polar surface area (TPSA) is 89.1 Å². The van der Waals surface area contributed by atoms with Crippen LogP contribution in [0.1, 0.15) is 39.2 Å². The lowest BCUT2D eigenvalue weighted by Crippen LogP contribution is -2.50. The van der Waals surface area contributed by atoms with Crippen LogP contribution < -0.4 is 20.1 Å². The molecule has 1 aromatic carbocycles. The largest absolute Gasteiger partial charge is 0.493 e. The van der Waals surface area contributed by atoms with Crippen LogP contribution in [-0.4, -0.2) is 62.5 Å². The van der Waals surface area contributed by atoms with Crippen molar-refractivity contribution in [2.75, 3.05) is 33.9 Å². The Hall–Kier alpha value is -2.64. The summed E-state index contributed by atoms with van der Waals surface area (Å²) in [7, 11) is 3.20. The highest BCUT2D eigenvalue weighted by molar-refractivity contribution is 5.74. The molecule has 1 fully saturated rings. The molecule has 2 N–H and O–H groups in total. The lowest BCUT2D eigenvalue weighted by atomic mass is 10.1. The molecule has 0 atom stereocenters. The molecule has 1 aliphatic heterocycles. The first-order valence-corrected chi connectivity index (χ1v) is 9.95. The van der Waals surface area contributed by atoms with E-state index in [1.54, 1.807) is 19.1 Å². The Morgan fingerprint density at radius 1 is 1.10 bits per heavy atom. The van der Waals surface area contributed by atoms with Gasteiger partial charge in [0.05, 0.1) is 14.2 Å². The lowest BCUT2D eigenvalue weighted by Gasteiger charge is -2.33. The van der Waals surface area contributed by atoms with Gasteiger partial charge in [-0.3, -0.25) is 0 Å². The fraction of sp³-hybridized carbons (Fsp3) is 0.619. The van der Waals surface area contributed by atoms with Gasteiger partial charge in [-0.2, -0.15) is 0 Å². The van der Waals surface area contributed by atoms with Gasteiger partial charge >= 0.3 is 12.1 Å². The molecule has 0 bridgehead atoms. The smallest absolute Gasteiger partial charge is 0.410 e. The van der Waals surface area contributed by atoms with E-state index in [1.807, 2.05) is 39.0 Å². The van der Waals surface area contributed by atoms with Crippen molar-refractivity contribution in [2.45, 2.75) is 51.7 Å². The van der Waals surface area contributed by atoms with Crippen molar-refractivity contribution in [2.24, 2.45) is 0 Å². The molecule has 1 saturated heterocycles. The third-order valence-electron chi connectivity index (χ3n) is 4.63. The molecule has 1 aliphatic rings. The Balaban J connectivity index is 1.69. The maximum atomic E-state index is 12.2. The van der Waals surface area contributed by atoms with Crippen LogP contribution in [0, 0.1) is 0 Å². The van der Waals surface area contributed by atoms with Crippen molar-refractivity contribution in [3.05, 3.63) is 23.8 Å². The number of carbonyl (C=O) groups is 2. The number of methoxy groups -OCH3 is 2. The summed E-state index contributed by atoms with van der Waals surface area (Å²) in [5.74, 6) is 1.35. The summed E-state index contributed by atoms with van der Waals surface area (Å²) in [4.78, 5) is 25.9. The van der Waals surface area contributed by atoms with Crippen molar-refractivity contribution in [1.82, 2.24) is 15.5 Å². The van der Waals surface area contributed by atoms with E-state index in [-0.39, 0.29) is 18.2 Å². The monoisotopic (exact) mass is 407 g/mol. The van der Waals surface area contributed by atoms with Crippen LogP contribution in [0.15, 0.2) is 18.2 Å². The zero-order valence-electron chi connectivity index (χ0n) is 18.0. The van der Waals surface area contributed by atoms with E-state index in [9.17, 15) is 9.59 Å². The van der Waals surface area contributed by atoms with Gasteiger partial charge in [0.2, 0.25) is 0 Å². The van der Waals surface area contributed by atoms with E-state index < -0.39 is 5.60 Å². The molecule has 29 heavy (non-hydrogen) atoms. The van der Waals surface area contributed by atoms with Crippen molar-refractivity contribution < 1.29 is 23.8 Å². The van der Waals surface area contributed by atoms with Crippen LogP contribution in [0.4, 0.5) is 9.59 Å². The summed E-state index contributed by atoms with van der Waals surface area (Å²) in [5, 5.41) is 5.86. The molecule has 1 aromatic rings. The fourth-order valence-corrected chi connectivity index (χ4v) is 3.13. The fourth-order valence-electron chi connectivity index (χ4n) is 3.13. The quantitative estimate of drug-likeness (QED) is 0.757. The first-order chi connectivity index (χ1) is 13.7. The second-order valence-electron chi connectivity index (χ2n) is 8.08. The van der Waals surface area contributed by atoms with Gasteiger partial charge in [0.25, 0.3) is 0 Å². The predicted octanol–water partition coefficient (Wildman–Crippen LogP) is 2.95. The van der Waals surface area contributed by atoms with Gasteiger partial charge in [-0.25, -0.2) is 9.59 Å². The van der Waals surface area contributed by atoms with Gasteiger partial charge in [-0.05, 0) is 57.7 Å². The molecule has 0 spiro atoms. The minimum atomic E-state index is -0.500. The average Bonchev–Trinajstić information content (AvgIpc) is 2.67. The average molecular weight is 408 g/mol. The molecule has 0 unspecified atom stereocenters. The number of piperidine rings is 1. The molecular weight excluding hydrogens is 374 g/mol. The molecule has 1 heterocycles. The Bertz CT molecular complexity index is 694. The molecule has 2 rings (SSSR count). The second-order valence-corrected chi connectivity index (χ2v) is 8.08. The second kappa shape index (κ2) is 10.2. The van der Waals surface area contributed by atoms with Crippen LogP contribution in [0.2, 0.25) is 0 Å². The van der Waals surface area contributed by atoms with E-state index in [2.05, 4.69) is 10.6 Å². The van der Waals surface area contributed by atoms with Crippen LogP contribution in [-0.2, 0) is 11.2 Å². The van der Waals surface area contributed by atoms with Gasteiger partial charge in [-0.1, -0.05) is 6.07 Å². The van der Waals surface area contributed by atoms with Gasteiger partial charge in [0, 0.05) is 25.7 Å². The highest BCUT2D eigenvalue weighted by atomic mass is 16.6. The van der Waals surface area contributed by atoms with E-state index in [4.69, 9.17) is 14.2 Å². The number of hydrogen-bond acceptors (Lipinski definition) is 5. The number of rotatable bonds is 6. The minimum absolute atomic E-state index is 0.0507. The number of ether oxygens (including phenoxy) is 3. The van der Waals surface area contributed by atoms with Crippen LogP contribution in [0.5, 0.6) is 11.5 Å². The number of benzene rings is 1. The summed E-state index contributed by atoms with van der Waals surface area (Å²) in [5.41, 5.74) is 0.550. The highest BCUT2D eigenvalue weighted by Gasteiger charge is 2.27. The highest BCUT2D eigenvalue weighted by Crippen LogP contribution is 2.27. The molecule has 8 nitrogen and oxygen atoms in total. The third-order valence-corrected chi connectivity index (χ3v) is 4.63. The number of likely N-dealkylation sites (tertiary alicyclic amines) is 1. The molecular formula is C21H33N3O5. The Morgan fingerprint density at radius 2 is 1.76 bits per heavy atom. The maximum Gasteiger partial charge on any atom is 0.410 e. The Morgan fingerprint density at radius 3 is 2.34 bits per heavy atom. The summed E-state index contributed by atoms with van der Waals surface area (Å²) in [6, 6.07) is 5.57. The molecule has 0 radical (unpaired) electrons. The molecule has 162 valence electrons. The van der Waals surface area contributed by atoms with Gasteiger partial charge in [0.15, 0.2) is 11.5 Å². The summed E-state index contributed by atoms with van der Waals surface area (Å²) < 4.78 is 15.9. The van der Waals surface area contributed by atoms with Gasteiger partial charge < -0.3 is 29.7 Å². The first kappa shape index (κ1) is 22.6. The van der Waals surface area contributed by atoms with Crippen LogP contribution >= 0.6 is 0 Å². The van der Waals surface area contributed by atoms with E-state index in [0.717, 1.165) is 5.56 Å². The normalized spacial score (nSPS) is 14.9. The molecule has 0 aromatic heterocycles. The Kier molecular flexibility index (Phi) is 7.99. The molecule has 3 amide bonds. The van der Waals surface area contributed by atoms with E-state index >= 15 is 0 Å². The maximum absolute atomic E-state index is 12.2. The lowest BCUT2D eigenvalue weighted by molar-refractivity contribution is 0.0201. The predicted molar refractivity (Wildman–Crippen MR) is 111 cm³/mol. The molecule has 0 saturated carbocycles. The number of nitrogens with one attached hydrogen (secondary N) is 2. The van der Waals surface area contributed by atoms with Crippen molar-refractivity contribution in [3.8, 4) is 11.5 Å². The number of nitrogens with zero attached hydrogens (tertiary/aromatic N) is 1. The van der Waals surface area contributed by atoms with E-state index in [0.29, 0.717) is 50.4 Å². The van der Waals surface area contributed by atoms with Crippen molar-refractivity contribution in [1.29, 1.82) is 0 Å². The zero-order chi connectivity index (χ0) is 21.4. The van der Waals surface area contributed by atoms with Crippen molar-refractivity contribution >= 4 is 12.1 Å². The minimum Gasteiger partial charge on any atom is -0.493 e. The van der Waals surface area contributed by atoms with Gasteiger partial charge in [0.1, 0.15) is 5.60 Å². The van der Waals surface area contributed by atoms with E-state index in [1.165, 1.54) is 0 Å². The Labute approximate surface area is 172 Å². The van der Waals surface area contributed by atoms with Crippen LogP contribution in [0.25, 0.3) is 0 Å². The third kappa shape index (κ3) is 7.36. The number of hydrogen-bond donors (Lipinski definition) is 2. The van der Waals surface area contributed by atoms with Crippen molar-refractivity contribution in [3.63, 3.8) is 0 Å².